The van der Waals surface area contributed by atoms with Crippen LogP contribution in [-0.4, -0.2) is 27.7 Å². The number of aryl methyl sites for hydroxylation is 1. The molecule has 0 bridgehead atoms. The van der Waals surface area contributed by atoms with Crippen molar-refractivity contribution in [2.75, 3.05) is 0 Å². The number of aromatic carboxylic acids is 1. The average molecular weight is 391 g/mol. The molecule has 4 atom stereocenters. The van der Waals surface area contributed by atoms with E-state index >= 15 is 0 Å². The van der Waals surface area contributed by atoms with E-state index in [4.69, 9.17) is 16.7 Å². The quantitative estimate of drug-likeness (QED) is 0.647. The van der Waals surface area contributed by atoms with E-state index in [-0.39, 0.29) is 17.2 Å². The van der Waals surface area contributed by atoms with Crippen molar-refractivity contribution in [1.82, 2.24) is 0 Å². The van der Waals surface area contributed by atoms with Gasteiger partial charge < -0.3 is 10.2 Å². The second kappa shape index (κ2) is 8.85. The van der Waals surface area contributed by atoms with Gasteiger partial charge in [-0.05, 0) is 49.3 Å². The van der Waals surface area contributed by atoms with Gasteiger partial charge in [0.1, 0.15) is 4.88 Å². The number of aliphatic hydroxyl groups is 1. The number of benzene rings is 1. The molecule has 3 nitrogen and oxygen atoms in total. The van der Waals surface area contributed by atoms with E-state index in [0.717, 1.165) is 29.7 Å². The number of hydrogen-bond acceptors (Lipinski definition) is 3. The number of thiophene rings is 1. The number of aliphatic hydroxyl groups excluding tert-OH is 1. The van der Waals surface area contributed by atoms with Crippen molar-refractivity contribution in [1.29, 1.82) is 0 Å². The molecule has 0 spiro atoms. The van der Waals surface area contributed by atoms with Gasteiger partial charge in [0.2, 0.25) is 0 Å². The fourth-order valence-electron chi connectivity index (χ4n) is 3.66. The summed E-state index contributed by atoms with van der Waals surface area (Å²) in [7, 11) is 0. The summed E-state index contributed by atoms with van der Waals surface area (Å²) in [6.45, 7) is 0. The first kappa shape index (κ1) is 19.2. The maximum atomic E-state index is 11.0. The molecule has 0 saturated heterocycles. The molecular formula is C21H23ClO3S. The Morgan fingerprint density at radius 2 is 2.00 bits per heavy atom. The molecule has 2 aromatic rings. The molecule has 0 amide bonds. The van der Waals surface area contributed by atoms with Gasteiger partial charge in [-0.3, -0.25) is 0 Å². The summed E-state index contributed by atoms with van der Waals surface area (Å²) >= 11 is 7.85. The van der Waals surface area contributed by atoms with E-state index in [1.807, 2.05) is 36.4 Å². The lowest BCUT2D eigenvalue weighted by molar-refractivity contribution is 0.0702. The molecule has 0 radical (unpaired) electrons. The second-order valence-corrected chi connectivity index (χ2v) is 8.52. The predicted molar refractivity (Wildman–Crippen MR) is 107 cm³/mol. The Morgan fingerprint density at radius 3 is 2.69 bits per heavy atom. The zero-order chi connectivity index (χ0) is 18.5. The lowest BCUT2D eigenvalue weighted by Gasteiger charge is -2.20. The molecule has 1 aromatic carbocycles. The van der Waals surface area contributed by atoms with Gasteiger partial charge >= 0.3 is 5.97 Å². The third-order valence-corrected chi connectivity index (χ3v) is 6.65. The molecule has 3 rings (SSSR count). The number of rotatable bonds is 7. The SMILES string of the molecule is O=C(O)c1ccc(CCC[C@@H]2[C@@H](/C=C/c3ccccc3)[C@H](O)C[C@H]2Cl)s1. The number of alkyl halides is 1. The van der Waals surface area contributed by atoms with Crippen LogP contribution in [-0.2, 0) is 6.42 Å². The van der Waals surface area contributed by atoms with E-state index in [0.29, 0.717) is 11.3 Å². The van der Waals surface area contributed by atoms with E-state index in [9.17, 15) is 9.90 Å². The van der Waals surface area contributed by atoms with Crippen LogP contribution in [0.25, 0.3) is 6.08 Å². The van der Waals surface area contributed by atoms with Crippen LogP contribution in [0, 0.1) is 11.8 Å². The highest BCUT2D eigenvalue weighted by Crippen LogP contribution is 2.40. The van der Waals surface area contributed by atoms with E-state index in [1.54, 1.807) is 6.07 Å². The Morgan fingerprint density at radius 1 is 1.23 bits per heavy atom. The first-order valence-electron chi connectivity index (χ1n) is 8.92. The molecule has 1 aliphatic carbocycles. The number of hydrogen-bond donors (Lipinski definition) is 2. The molecule has 26 heavy (non-hydrogen) atoms. The van der Waals surface area contributed by atoms with E-state index in [2.05, 4.69) is 12.2 Å². The van der Waals surface area contributed by atoms with Crippen molar-refractivity contribution in [3.63, 3.8) is 0 Å². The zero-order valence-corrected chi connectivity index (χ0v) is 16.0. The summed E-state index contributed by atoms with van der Waals surface area (Å²) in [4.78, 5) is 12.4. The lowest BCUT2D eigenvalue weighted by atomic mass is 9.89. The second-order valence-electron chi connectivity index (χ2n) is 6.79. The van der Waals surface area contributed by atoms with Gasteiger partial charge in [-0.25, -0.2) is 4.79 Å². The molecule has 1 heterocycles. The van der Waals surface area contributed by atoms with Crippen molar-refractivity contribution >= 4 is 35.0 Å². The van der Waals surface area contributed by atoms with Gasteiger partial charge in [0, 0.05) is 16.2 Å². The topological polar surface area (TPSA) is 57.5 Å². The minimum atomic E-state index is -0.868. The van der Waals surface area contributed by atoms with Gasteiger partial charge in [0.05, 0.1) is 6.10 Å². The van der Waals surface area contributed by atoms with Crippen molar-refractivity contribution in [3.05, 3.63) is 63.9 Å². The highest BCUT2D eigenvalue weighted by Gasteiger charge is 2.39. The minimum absolute atomic E-state index is 0.0201. The van der Waals surface area contributed by atoms with Gasteiger partial charge in [-0.2, -0.15) is 0 Å². The normalized spacial score (nSPS) is 25.8. The van der Waals surface area contributed by atoms with Crippen LogP contribution in [0.5, 0.6) is 0 Å². The highest BCUT2D eigenvalue weighted by atomic mass is 35.5. The molecule has 1 aliphatic rings. The molecule has 138 valence electrons. The average Bonchev–Trinajstić information content (AvgIpc) is 3.19. The van der Waals surface area contributed by atoms with Crippen molar-refractivity contribution in [2.24, 2.45) is 11.8 Å². The number of carboxylic acid groups (broad SMARTS) is 1. The standard InChI is InChI=1S/C21H23ClO3S/c22-18-13-19(23)17(11-9-14-5-2-1-3-6-14)16(18)8-4-7-15-10-12-20(26-15)21(24)25/h1-3,5-6,9-12,16-19,23H,4,7-8,13H2,(H,24,25)/b11-9+/t16-,17-,18-,19-/m1/s1. The van der Waals surface area contributed by atoms with Crippen LogP contribution in [0.1, 0.15) is 39.4 Å². The summed E-state index contributed by atoms with van der Waals surface area (Å²) in [6, 6.07) is 13.6. The molecule has 0 unspecified atom stereocenters. The summed E-state index contributed by atoms with van der Waals surface area (Å²) in [5.41, 5.74) is 1.12. The minimum Gasteiger partial charge on any atom is -0.477 e. The molecule has 5 heteroatoms. The highest BCUT2D eigenvalue weighted by molar-refractivity contribution is 7.13. The molecule has 1 aromatic heterocycles. The molecule has 1 saturated carbocycles. The summed E-state index contributed by atoms with van der Waals surface area (Å²) in [5, 5.41) is 19.4. The van der Waals surface area contributed by atoms with Crippen molar-refractivity contribution in [2.45, 2.75) is 37.2 Å². The van der Waals surface area contributed by atoms with Crippen molar-refractivity contribution in [3.8, 4) is 0 Å². The van der Waals surface area contributed by atoms with Gasteiger partial charge in [0.25, 0.3) is 0 Å². The predicted octanol–water partition coefficient (Wildman–Crippen LogP) is 5.09. The van der Waals surface area contributed by atoms with Crippen molar-refractivity contribution < 1.29 is 15.0 Å². The summed E-state index contributed by atoms with van der Waals surface area (Å²) in [6.07, 6.45) is 7.10. The first-order valence-corrected chi connectivity index (χ1v) is 10.2. The number of halogens is 1. The van der Waals surface area contributed by atoms with E-state index in [1.165, 1.54) is 11.3 Å². The maximum Gasteiger partial charge on any atom is 0.345 e. The zero-order valence-electron chi connectivity index (χ0n) is 14.4. The Hall–Kier alpha value is -1.62. The Bertz CT molecular complexity index is 756. The molecular weight excluding hydrogens is 368 g/mol. The van der Waals surface area contributed by atoms with Gasteiger partial charge in [-0.1, -0.05) is 42.5 Å². The van der Waals surface area contributed by atoms with Crippen LogP contribution < -0.4 is 0 Å². The summed E-state index contributed by atoms with van der Waals surface area (Å²) < 4.78 is 0. The van der Waals surface area contributed by atoms with Crippen LogP contribution in [0.15, 0.2) is 48.5 Å². The lowest BCUT2D eigenvalue weighted by Crippen LogP contribution is -2.18. The number of carbonyl (C=O) groups is 1. The number of carboxylic acids is 1. The van der Waals surface area contributed by atoms with Gasteiger partial charge in [0.15, 0.2) is 0 Å². The maximum absolute atomic E-state index is 11.0. The Labute approximate surface area is 163 Å². The molecule has 2 N–H and O–H groups in total. The first-order chi connectivity index (χ1) is 12.5. The largest absolute Gasteiger partial charge is 0.477 e. The fourth-order valence-corrected chi connectivity index (χ4v) is 5.02. The van der Waals surface area contributed by atoms with E-state index < -0.39 is 12.1 Å². The van der Waals surface area contributed by atoms with Crippen LogP contribution in [0.3, 0.4) is 0 Å². The third-order valence-electron chi connectivity index (χ3n) is 5.01. The smallest absolute Gasteiger partial charge is 0.345 e. The molecule has 1 fully saturated rings. The Kier molecular flexibility index (Phi) is 6.52. The molecule has 0 aliphatic heterocycles. The third kappa shape index (κ3) is 4.76. The van der Waals surface area contributed by atoms with Crippen LogP contribution >= 0.6 is 22.9 Å². The van der Waals surface area contributed by atoms with Crippen LogP contribution in [0.4, 0.5) is 0 Å². The fraction of sp³-hybridized carbons (Fsp3) is 0.381. The van der Waals surface area contributed by atoms with Gasteiger partial charge in [-0.15, -0.1) is 22.9 Å². The Balaban J connectivity index is 1.59. The summed E-state index contributed by atoms with van der Waals surface area (Å²) in [5.74, 6) is -0.562. The van der Waals surface area contributed by atoms with Crippen LogP contribution in [0.2, 0.25) is 0 Å². The monoisotopic (exact) mass is 390 g/mol.